The van der Waals surface area contributed by atoms with Crippen LogP contribution in [-0.4, -0.2) is 90.9 Å². The van der Waals surface area contributed by atoms with Gasteiger partial charge >= 0.3 is 6.09 Å². The molecular formula is C41H52N8O4. The largest absolute Gasteiger partial charge is 0.437 e. The van der Waals surface area contributed by atoms with Crippen molar-refractivity contribution in [2.75, 3.05) is 26.2 Å². The Morgan fingerprint density at radius 3 is 1.72 bits per heavy atom. The van der Waals surface area contributed by atoms with Crippen LogP contribution in [0.1, 0.15) is 95.9 Å². The predicted octanol–water partition coefficient (Wildman–Crippen LogP) is 6.85. The van der Waals surface area contributed by atoms with E-state index in [0.717, 1.165) is 110 Å². The Bertz CT molecular complexity index is 1870. The molecule has 1 unspecified atom stereocenters. The van der Waals surface area contributed by atoms with Crippen molar-refractivity contribution in [1.29, 1.82) is 0 Å². The van der Waals surface area contributed by atoms with Gasteiger partial charge in [-0.1, -0.05) is 62.4 Å². The maximum absolute atomic E-state index is 13.7. The molecule has 1 aliphatic carbocycles. The highest BCUT2D eigenvalue weighted by Crippen LogP contribution is 2.37. The summed E-state index contributed by atoms with van der Waals surface area (Å²) in [6.45, 7) is 9.52. The van der Waals surface area contributed by atoms with Crippen LogP contribution in [0.4, 0.5) is 4.79 Å². The third kappa shape index (κ3) is 7.74. The lowest BCUT2D eigenvalue weighted by molar-refractivity contribution is -0.140. The minimum atomic E-state index is -0.965. The lowest BCUT2D eigenvalue weighted by Crippen LogP contribution is -2.42. The number of aromatic nitrogens is 4. The van der Waals surface area contributed by atoms with Gasteiger partial charge in [-0.25, -0.2) is 14.8 Å². The number of H-pyrrole nitrogens is 2. The number of primary amides is 1. The van der Waals surface area contributed by atoms with Crippen molar-refractivity contribution in [3.8, 4) is 33.6 Å². The zero-order chi connectivity index (χ0) is 37.1. The molecule has 3 amide bonds. The highest BCUT2D eigenvalue weighted by molar-refractivity contribution is 5.83. The number of nitrogens with zero attached hydrogens (tertiary/aromatic N) is 5. The second kappa shape index (κ2) is 16.0. The van der Waals surface area contributed by atoms with Crippen LogP contribution >= 0.6 is 0 Å². The monoisotopic (exact) mass is 720 g/mol. The van der Waals surface area contributed by atoms with Crippen LogP contribution in [0.3, 0.4) is 0 Å². The van der Waals surface area contributed by atoms with Crippen molar-refractivity contribution < 1.29 is 19.1 Å². The quantitative estimate of drug-likeness (QED) is 0.153. The maximum atomic E-state index is 13.7. The number of nitrogens with two attached hydrogens (primary N) is 1. The van der Waals surface area contributed by atoms with Crippen molar-refractivity contribution >= 4 is 17.9 Å². The van der Waals surface area contributed by atoms with Crippen LogP contribution in [0.25, 0.3) is 33.6 Å². The summed E-state index contributed by atoms with van der Waals surface area (Å²) in [4.78, 5) is 60.5. The number of rotatable bonds is 11. The Hall–Kier alpha value is -4.97. The number of ether oxygens (including phenoxy) is 1. The predicted molar refractivity (Wildman–Crippen MR) is 203 cm³/mol. The van der Waals surface area contributed by atoms with Gasteiger partial charge in [0, 0.05) is 25.0 Å². The summed E-state index contributed by atoms with van der Waals surface area (Å²) in [7, 11) is 0. The average molecular weight is 721 g/mol. The number of amides is 3. The van der Waals surface area contributed by atoms with Gasteiger partial charge in [-0.2, -0.15) is 0 Å². The van der Waals surface area contributed by atoms with E-state index in [1.54, 1.807) is 11.1 Å². The number of likely N-dealkylation sites (tertiary alicyclic amines) is 2. The van der Waals surface area contributed by atoms with Gasteiger partial charge < -0.3 is 35.1 Å². The molecule has 7 rings (SSSR count). The average Bonchev–Trinajstić information content (AvgIpc) is 4.02. The Morgan fingerprint density at radius 1 is 0.755 bits per heavy atom. The van der Waals surface area contributed by atoms with Crippen molar-refractivity contribution in [3.05, 3.63) is 72.6 Å². The molecule has 12 nitrogen and oxygen atoms in total. The highest BCUT2D eigenvalue weighted by atomic mass is 16.6. The van der Waals surface area contributed by atoms with Crippen molar-refractivity contribution in [2.24, 2.45) is 11.7 Å². The minimum Gasteiger partial charge on any atom is -0.437 e. The van der Waals surface area contributed by atoms with E-state index in [4.69, 9.17) is 15.5 Å². The fourth-order valence-corrected chi connectivity index (χ4v) is 8.74. The highest BCUT2D eigenvalue weighted by Gasteiger charge is 2.38. The number of carbonyl (C=O) groups excluding carboxylic acids is 3. The van der Waals surface area contributed by atoms with Crippen LogP contribution in [0, 0.1) is 5.92 Å². The molecule has 3 atom stereocenters. The standard InChI is InChI=1S/C41H52N8O4/c1-4-47(5-2)32-20-18-31(19-21-32)40(51)49-23-7-9-36(49)38-44-25-34(46-38)30-16-12-28(13-17-30)27-10-14-29(15-11-27)33-24-43-37(45-33)35-8-6-22-48(35)39(50)26(3)53-41(42)52/h10-17,24-26,31-32,35-36H,4-9,18-23H2,1-3H3,(H2,42,52)(H,43,45)(H,44,46)/t26-,31-,32+,35-,36?/m0/s1. The lowest BCUT2D eigenvalue weighted by Gasteiger charge is -2.37. The molecule has 4 N–H and O–H groups in total. The lowest BCUT2D eigenvalue weighted by atomic mass is 9.84. The van der Waals surface area contributed by atoms with E-state index in [1.165, 1.54) is 6.92 Å². The first-order chi connectivity index (χ1) is 25.7. The van der Waals surface area contributed by atoms with Crippen molar-refractivity contribution in [1.82, 2.24) is 34.6 Å². The molecule has 0 radical (unpaired) electrons. The third-order valence-electron chi connectivity index (χ3n) is 11.6. The topological polar surface area (TPSA) is 154 Å². The molecule has 12 heteroatoms. The number of nitrogens with one attached hydrogen (secondary N) is 2. The van der Waals surface area contributed by atoms with Gasteiger partial charge in [-0.05, 0) is 93.6 Å². The van der Waals surface area contributed by atoms with Crippen molar-refractivity contribution in [2.45, 2.75) is 96.4 Å². The van der Waals surface area contributed by atoms with Crippen molar-refractivity contribution in [3.63, 3.8) is 0 Å². The number of aromatic amines is 2. The van der Waals surface area contributed by atoms with Crippen LogP contribution in [0.2, 0.25) is 0 Å². The van der Waals surface area contributed by atoms with E-state index in [1.807, 2.05) is 6.20 Å². The smallest absolute Gasteiger partial charge is 0.405 e. The maximum Gasteiger partial charge on any atom is 0.405 e. The summed E-state index contributed by atoms with van der Waals surface area (Å²) in [6.07, 6.45) is 9.50. The van der Waals surface area contributed by atoms with Gasteiger partial charge in [0.1, 0.15) is 11.6 Å². The van der Waals surface area contributed by atoms with E-state index in [2.05, 4.69) is 87.1 Å². The van der Waals surface area contributed by atoms with Gasteiger partial charge in [-0.3, -0.25) is 9.59 Å². The fraction of sp³-hybridized carbons (Fsp3) is 0.488. The van der Waals surface area contributed by atoms with Gasteiger partial charge in [0.05, 0.1) is 35.9 Å². The molecule has 2 saturated heterocycles. The molecule has 2 aromatic heterocycles. The fourth-order valence-electron chi connectivity index (χ4n) is 8.74. The molecule has 3 aliphatic rings. The first-order valence-electron chi connectivity index (χ1n) is 19.4. The number of carbonyl (C=O) groups is 3. The minimum absolute atomic E-state index is 0.00617. The molecular weight excluding hydrogens is 669 g/mol. The first kappa shape index (κ1) is 36.4. The van der Waals surface area contributed by atoms with Gasteiger partial charge in [0.2, 0.25) is 5.91 Å². The van der Waals surface area contributed by atoms with E-state index in [0.29, 0.717) is 24.3 Å². The molecule has 1 saturated carbocycles. The summed E-state index contributed by atoms with van der Waals surface area (Å²) in [6, 6.07) is 17.2. The normalized spacial score (nSPS) is 22.3. The van der Waals surface area contributed by atoms with E-state index >= 15 is 0 Å². The van der Waals surface area contributed by atoms with E-state index in [-0.39, 0.29) is 23.9 Å². The first-order valence-corrected chi connectivity index (χ1v) is 19.4. The summed E-state index contributed by atoms with van der Waals surface area (Å²) in [5.74, 6) is 1.74. The number of benzene rings is 2. The van der Waals surface area contributed by atoms with Gasteiger partial charge in [-0.15, -0.1) is 0 Å². The SMILES string of the molecule is CCN(CC)[C@H]1CC[C@@H](C(=O)N2CCCC2c2ncc(-c3ccc(-c4ccc(-c5cnc([C@@H]6CCCN6C(=O)[C@H](C)OC(N)=O)[nH]5)cc4)cc3)[nH]2)CC1. The second-order valence-corrected chi connectivity index (χ2v) is 14.7. The molecule has 53 heavy (non-hydrogen) atoms. The number of hydrogen-bond acceptors (Lipinski definition) is 7. The Morgan fingerprint density at radius 2 is 1.23 bits per heavy atom. The van der Waals surface area contributed by atoms with E-state index in [9.17, 15) is 14.4 Å². The summed E-state index contributed by atoms with van der Waals surface area (Å²) < 4.78 is 4.92. The Balaban J connectivity index is 0.968. The summed E-state index contributed by atoms with van der Waals surface area (Å²) in [5, 5.41) is 0. The molecule has 2 aliphatic heterocycles. The van der Waals surface area contributed by atoms with Crippen LogP contribution in [-0.2, 0) is 14.3 Å². The molecule has 0 spiro atoms. The zero-order valence-electron chi connectivity index (χ0n) is 31.1. The number of hydrogen-bond donors (Lipinski definition) is 3. The number of imidazole rings is 2. The van der Waals surface area contributed by atoms with Gasteiger partial charge in [0.15, 0.2) is 6.10 Å². The van der Waals surface area contributed by atoms with Crippen LogP contribution < -0.4 is 5.73 Å². The molecule has 0 bridgehead atoms. The van der Waals surface area contributed by atoms with Crippen LogP contribution in [0.5, 0.6) is 0 Å². The molecule has 2 aromatic carbocycles. The molecule has 4 aromatic rings. The second-order valence-electron chi connectivity index (χ2n) is 14.7. The third-order valence-corrected chi connectivity index (χ3v) is 11.6. The van der Waals surface area contributed by atoms with Crippen LogP contribution in [0.15, 0.2) is 60.9 Å². The summed E-state index contributed by atoms with van der Waals surface area (Å²) in [5.41, 5.74) is 11.2. The van der Waals surface area contributed by atoms with Gasteiger partial charge in [0.25, 0.3) is 5.91 Å². The van der Waals surface area contributed by atoms with E-state index < -0.39 is 12.2 Å². The Labute approximate surface area is 311 Å². The molecule has 280 valence electrons. The zero-order valence-corrected chi connectivity index (χ0v) is 31.1. The molecule has 3 fully saturated rings. The summed E-state index contributed by atoms with van der Waals surface area (Å²) >= 11 is 0. The Kier molecular flexibility index (Phi) is 11.0. The molecule has 4 heterocycles.